The molecule has 0 heterocycles. The normalized spacial score (nSPS) is 11.5. The highest BCUT2D eigenvalue weighted by Gasteiger charge is 2.21. The fraction of sp³-hybridized carbons (Fsp3) is 0.107. The summed E-state index contributed by atoms with van der Waals surface area (Å²) in [5.41, 5.74) is 19.0. The summed E-state index contributed by atoms with van der Waals surface area (Å²) in [6, 6.07) is 62.2. The first-order chi connectivity index (χ1) is 28.2. The summed E-state index contributed by atoms with van der Waals surface area (Å²) in [5.74, 6) is 0. The lowest BCUT2D eigenvalue weighted by Crippen LogP contribution is -2.13. The van der Waals surface area contributed by atoms with Crippen LogP contribution in [0.1, 0.15) is 55.6 Å². The molecule has 0 amide bonds. The van der Waals surface area contributed by atoms with E-state index in [1.807, 2.05) is 0 Å². The van der Waals surface area contributed by atoms with Gasteiger partial charge in [0, 0.05) is 33.5 Å². The van der Waals surface area contributed by atoms with Crippen LogP contribution in [0.2, 0.25) is 0 Å². The van der Waals surface area contributed by atoms with E-state index in [1.165, 1.54) is 55.3 Å². The summed E-state index contributed by atoms with van der Waals surface area (Å²) in [6.07, 6.45) is 8.81. The molecule has 0 atom stereocenters. The van der Waals surface area contributed by atoms with Crippen LogP contribution < -0.4 is 9.80 Å². The monoisotopic (exact) mass is 750 g/mol. The third-order valence-corrected chi connectivity index (χ3v) is 10.7. The van der Waals surface area contributed by atoms with Crippen molar-refractivity contribution in [1.29, 1.82) is 0 Å². The summed E-state index contributed by atoms with van der Waals surface area (Å²) in [5, 5.41) is 2.34. The van der Waals surface area contributed by atoms with Crippen LogP contribution in [-0.2, 0) is 0 Å². The lowest BCUT2D eigenvalue weighted by Gasteiger charge is -2.30. The van der Waals surface area contributed by atoms with Crippen molar-refractivity contribution in [3.05, 3.63) is 225 Å². The topological polar surface area (TPSA) is 6.48 Å². The first-order valence-corrected chi connectivity index (χ1v) is 20.2. The van der Waals surface area contributed by atoms with Gasteiger partial charge in [0.2, 0.25) is 0 Å². The zero-order valence-electron chi connectivity index (χ0n) is 34.4. The maximum Gasteiger partial charge on any atom is 0.0541 e. The van der Waals surface area contributed by atoms with Gasteiger partial charge < -0.3 is 9.80 Å². The summed E-state index contributed by atoms with van der Waals surface area (Å²) in [6.45, 7) is 12.9. The van der Waals surface area contributed by atoms with Crippen molar-refractivity contribution < 1.29 is 0 Å². The van der Waals surface area contributed by atoms with Gasteiger partial charge in [-0.25, -0.2) is 0 Å². The molecule has 0 saturated heterocycles. The van der Waals surface area contributed by atoms with Gasteiger partial charge in [-0.2, -0.15) is 0 Å². The van der Waals surface area contributed by atoms with Gasteiger partial charge in [0.05, 0.1) is 11.4 Å². The molecule has 0 aliphatic heterocycles. The van der Waals surface area contributed by atoms with Crippen molar-refractivity contribution in [2.75, 3.05) is 9.80 Å². The molecule has 0 spiro atoms. The molecule has 8 aromatic rings. The second-order valence-corrected chi connectivity index (χ2v) is 15.7. The second-order valence-electron chi connectivity index (χ2n) is 15.7. The van der Waals surface area contributed by atoms with E-state index in [-0.39, 0.29) is 0 Å². The Bertz CT molecular complexity index is 2520. The molecule has 58 heavy (non-hydrogen) atoms. The van der Waals surface area contributed by atoms with Gasteiger partial charge in [0.25, 0.3) is 0 Å². The molecular formula is C56H50N2. The SMILES string of the molecule is Cc1ccc(N(c2ccc(C=Cc3cc(C)cc(C)c3)cc2)c2ccc(N(c3ccc(C)cc3)c3ccc(C=Cc4cc(C)cc(C)c4)cc3)c3ccccc23)cc1. The largest absolute Gasteiger partial charge is 0.310 e. The smallest absolute Gasteiger partial charge is 0.0541 e. The van der Waals surface area contributed by atoms with E-state index in [1.54, 1.807) is 0 Å². The van der Waals surface area contributed by atoms with Gasteiger partial charge in [-0.1, -0.05) is 167 Å². The van der Waals surface area contributed by atoms with Crippen LogP contribution in [0.15, 0.2) is 170 Å². The van der Waals surface area contributed by atoms with Crippen LogP contribution >= 0.6 is 0 Å². The molecule has 8 rings (SSSR count). The Hall–Kier alpha value is -6.90. The minimum Gasteiger partial charge on any atom is -0.310 e. The van der Waals surface area contributed by atoms with Gasteiger partial charge >= 0.3 is 0 Å². The van der Waals surface area contributed by atoms with Crippen molar-refractivity contribution in [1.82, 2.24) is 0 Å². The Morgan fingerprint density at radius 1 is 0.276 bits per heavy atom. The third-order valence-electron chi connectivity index (χ3n) is 10.7. The molecule has 0 bridgehead atoms. The average molecular weight is 751 g/mol. The molecule has 0 radical (unpaired) electrons. The van der Waals surface area contributed by atoms with E-state index in [2.05, 4.69) is 246 Å². The molecule has 0 aromatic heterocycles. The molecule has 2 nitrogen and oxygen atoms in total. The van der Waals surface area contributed by atoms with Crippen molar-refractivity contribution in [2.24, 2.45) is 0 Å². The highest BCUT2D eigenvalue weighted by atomic mass is 15.2. The lowest BCUT2D eigenvalue weighted by atomic mass is 10.0. The van der Waals surface area contributed by atoms with Crippen molar-refractivity contribution in [2.45, 2.75) is 41.5 Å². The first kappa shape index (κ1) is 38.0. The number of nitrogens with zero attached hydrogens (tertiary/aromatic N) is 2. The maximum absolute atomic E-state index is 2.38. The maximum atomic E-state index is 2.38. The van der Waals surface area contributed by atoms with Crippen LogP contribution in [0, 0.1) is 41.5 Å². The molecule has 0 unspecified atom stereocenters. The van der Waals surface area contributed by atoms with Gasteiger partial charge in [0.15, 0.2) is 0 Å². The van der Waals surface area contributed by atoms with Crippen LogP contribution in [0.25, 0.3) is 35.1 Å². The van der Waals surface area contributed by atoms with E-state index >= 15 is 0 Å². The number of aryl methyl sites for hydroxylation is 6. The summed E-state index contributed by atoms with van der Waals surface area (Å²) in [7, 11) is 0. The summed E-state index contributed by atoms with van der Waals surface area (Å²) >= 11 is 0. The molecule has 2 heteroatoms. The van der Waals surface area contributed by atoms with Crippen LogP contribution in [-0.4, -0.2) is 0 Å². The number of benzene rings is 8. The van der Waals surface area contributed by atoms with E-state index in [0.29, 0.717) is 0 Å². The van der Waals surface area contributed by atoms with Gasteiger partial charge in [-0.05, 0) is 124 Å². The predicted octanol–water partition coefficient (Wildman–Crippen LogP) is 16.0. The number of fused-ring (bicyclic) bond motifs is 1. The minimum absolute atomic E-state index is 1.10. The van der Waals surface area contributed by atoms with Gasteiger partial charge in [-0.3, -0.25) is 0 Å². The van der Waals surface area contributed by atoms with E-state index < -0.39 is 0 Å². The predicted molar refractivity (Wildman–Crippen MR) is 252 cm³/mol. The summed E-state index contributed by atoms with van der Waals surface area (Å²) in [4.78, 5) is 4.77. The van der Waals surface area contributed by atoms with Crippen LogP contribution in [0.5, 0.6) is 0 Å². The molecule has 0 N–H and O–H groups in total. The molecule has 8 aromatic carbocycles. The van der Waals surface area contributed by atoms with E-state index in [9.17, 15) is 0 Å². The lowest BCUT2D eigenvalue weighted by molar-refractivity contribution is 1.27. The zero-order valence-corrected chi connectivity index (χ0v) is 34.4. The molecule has 0 fully saturated rings. The molecular weight excluding hydrogens is 701 g/mol. The Kier molecular flexibility index (Phi) is 10.9. The summed E-state index contributed by atoms with van der Waals surface area (Å²) < 4.78 is 0. The Balaban J connectivity index is 1.20. The van der Waals surface area contributed by atoms with Crippen molar-refractivity contribution in [3.8, 4) is 0 Å². The Morgan fingerprint density at radius 2 is 0.569 bits per heavy atom. The van der Waals surface area contributed by atoms with E-state index in [4.69, 9.17) is 0 Å². The fourth-order valence-corrected chi connectivity index (χ4v) is 7.97. The Labute approximate surface area is 344 Å². The highest BCUT2D eigenvalue weighted by molar-refractivity contribution is 6.07. The quantitative estimate of drug-likeness (QED) is 0.128. The highest BCUT2D eigenvalue weighted by Crippen LogP contribution is 2.45. The minimum atomic E-state index is 1.10. The fourth-order valence-electron chi connectivity index (χ4n) is 7.97. The molecule has 0 aliphatic rings. The van der Waals surface area contributed by atoms with Crippen LogP contribution in [0.3, 0.4) is 0 Å². The number of hydrogen-bond acceptors (Lipinski definition) is 2. The molecule has 284 valence electrons. The molecule has 0 saturated carbocycles. The van der Waals surface area contributed by atoms with Crippen molar-refractivity contribution in [3.63, 3.8) is 0 Å². The number of hydrogen-bond donors (Lipinski definition) is 0. The van der Waals surface area contributed by atoms with Gasteiger partial charge in [-0.15, -0.1) is 0 Å². The average Bonchev–Trinajstić information content (AvgIpc) is 3.22. The Morgan fingerprint density at radius 3 is 0.897 bits per heavy atom. The number of anilines is 6. The second kappa shape index (κ2) is 16.7. The molecule has 0 aliphatic carbocycles. The van der Waals surface area contributed by atoms with Crippen molar-refractivity contribution >= 4 is 69.2 Å². The standard InChI is InChI=1S/C56H50N2/c1-39-11-23-49(24-12-39)57(51-27-19-45(20-28-51)15-17-47-35-41(3)33-42(4)36-47)55-31-32-56(54-10-8-7-9-53(54)55)58(50-25-13-40(2)14-26-50)52-29-21-46(22-30-52)16-18-48-37-43(5)34-44(6)38-48/h7-38H,1-6H3. The first-order valence-electron chi connectivity index (χ1n) is 20.2. The zero-order chi connectivity index (χ0) is 40.2. The third kappa shape index (κ3) is 8.57. The number of rotatable bonds is 10. The van der Waals surface area contributed by atoms with Gasteiger partial charge in [0.1, 0.15) is 0 Å². The van der Waals surface area contributed by atoms with E-state index in [0.717, 1.165) is 45.3 Å². The van der Waals surface area contributed by atoms with Crippen LogP contribution in [0.4, 0.5) is 34.1 Å².